The fourth-order valence-corrected chi connectivity index (χ4v) is 7.18. The first-order valence-corrected chi connectivity index (χ1v) is 15.8. The minimum absolute atomic E-state index is 0.184. The molecule has 4 rings (SSSR count). The number of amides is 1. The van der Waals surface area contributed by atoms with E-state index in [-0.39, 0.29) is 22.6 Å². The zero-order chi connectivity index (χ0) is 28.9. The highest BCUT2D eigenvalue weighted by Gasteiger charge is 2.27. The lowest BCUT2D eigenvalue weighted by Crippen LogP contribution is -2.37. The number of thiazole rings is 1. The normalized spacial score (nSPS) is 12.0. The molecule has 0 saturated carbocycles. The highest BCUT2D eigenvalue weighted by Crippen LogP contribution is 2.33. The van der Waals surface area contributed by atoms with Crippen molar-refractivity contribution >= 4 is 42.6 Å². The van der Waals surface area contributed by atoms with Crippen molar-refractivity contribution in [3.63, 3.8) is 0 Å². The Morgan fingerprint density at radius 3 is 2.17 bits per heavy atom. The molecule has 40 heavy (non-hydrogen) atoms. The van der Waals surface area contributed by atoms with Gasteiger partial charge in [-0.05, 0) is 66.8 Å². The van der Waals surface area contributed by atoms with E-state index in [1.807, 2.05) is 83.1 Å². The number of sulfonamides is 1. The maximum Gasteiger partial charge on any atom is 0.260 e. The van der Waals surface area contributed by atoms with E-state index in [4.69, 9.17) is 9.72 Å². The van der Waals surface area contributed by atoms with Crippen molar-refractivity contribution in [2.45, 2.75) is 46.1 Å². The number of anilines is 1. The van der Waals surface area contributed by atoms with Gasteiger partial charge in [0.2, 0.25) is 10.0 Å². The van der Waals surface area contributed by atoms with E-state index >= 15 is 0 Å². The van der Waals surface area contributed by atoms with Gasteiger partial charge in [0.15, 0.2) is 5.13 Å². The van der Waals surface area contributed by atoms with Crippen LogP contribution in [0.4, 0.5) is 5.13 Å². The number of aromatic nitrogens is 1. The highest BCUT2D eigenvalue weighted by molar-refractivity contribution is 7.89. The second-order valence-electron chi connectivity index (χ2n) is 10.6. The molecular weight excluding hydrogens is 542 g/mol. The number of rotatable bonds is 12. The summed E-state index contributed by atoms with van der Waals surface area (Å²) < 4.78 is 35.0. The summed E-state index contributed by atoms with van der Waals surface area (Å²) in [6.45, 7) is 11.7. The summed E-state index contributed by atoms with van der Waals surface area (Å²) in [5.41, 5.74) is 2.14. The third-order valence-corrected chi connectivity index (χ3v) is 9.08. The zero-order valence-corrected chi connectivity index (χ0v) is 25.3. The number of ether oxygens (including phenoxy) is 1. The second-order valence-corrected chi connectivity index (χ2v) is 13.5. The van der Waals surface area contributed by atoms with Gasteiger partial charge in [-0.15, -0.1) is 0 Å². The lowest BCUT2D eigenvalue weighted by atomic mass is 10.1. The predicted molar refractivity (Wildman–Crippen MR) is 163 cm³/mol. The molecular formula is C31H37N3O4S2. The van der Waals surface area contributed by atoms with Crippen LogP contribution in [0.15, 0.2) is 77.7 Å². The van der Waals surface area contributed by atoms with Crippen molar-refractivity contribution in [2.24, 2.45) is 11.8 Å². The van der Waals surface area contributed by atoms with E-state index in [1.165, 1.54) is 23.5 Å². The van der Waals surface area contributed by atoms with Crippen molar-refractivity contribution in [3.8, 4) is 5.75 Å². The van der Waals surface area contributed by atoms with E-state index in [0.717, 1.165) is 21.5 Å². The molecule has 0 aliphatic heterocycles. The van der Waals surface area contributed by atoms with Gasteiger partial charge in [0.1, 0.15) is 5.75 Å². The van der Waals surface area contributed by atoms with Gasteiger partial charge in [0.05, 0.1) is 28.3 Å². The molecule has 0 N–H and O–H groups in total. The van der Waals surface area contributed by atoms with Gasteiger partial charge in [-0.3, -0.25) is 9.69 Å². The zero-order valence-electron chi connectivity index (χ0n) is 23.7. The van der Waals surface area contributed by atoms with Crippen LogP contribution in [0.5, 0.6) is 5.75 Å². The topological polar surface area (TPSA) is 79.8 Å². The van der Waals surface area contributed by atoms with Gasteiger partial charge >= 0.3 is 0 Å². The molecule has 0 atom stereocenters. The maximum atomic E-state index is 13.9. The predicted octanol–water partition coefficient (Wildman–Crippen LogP) is 6.84. The van der Waals surface area contributed by atoms with Gasteiger partial charge in [0, 0.05) is 18.7 Å². The van der Waals surface area contributed by atoms with Crippen molar-refractivity contribution in [1.29, 1.82) is 0 Å². The molecule has 9 heteroatoms. The van der Waals surface area contributed by atoms with E-state index < -0.39 is 10.0 Å². The summed E-state index contributed by atoms with van der Waals surface area (Å²) >= 11 is 1.42. The fraction of sp³-hybridized carbons (Fsp3) is 0.355. The lowest BCUT2D eigenvalue weighted by Gasteiger charge is -2.26. The molecule has 0 radical (unpaired) electrons. The van der Waals surface area contributed by atoms with Gasteiger partial charge < -0.3 is 4.74 Å². The number of nitrogens with zero attached hydrogens (tertiary/aromatic N) is 3. The lowest BCUT2D eigenvalue weighted by molar-refractivity contribution is 0.0985. The Kier molecular flexibility index (Phi) is 9.60. The third-order valence-electron chi connectivity index (χ3n) is 6.20. The molecule has 212 valence electrons. The Morgan fingerprint density at radius 2 is 1.57 bits per heavy atom. The molecule has 1 aromatic heterocycles. The third kappa shape index (κ3) is 7.08. The number of fused-ring (bicyclic) bond motifs is 1. The number of hydrogen-bond acceptors (Lipinski definition) is 6. The van der Waals surface area contributed by atoms with Crippen molar-refractivity contribution in [3.05, 3.63) is 83.9 Å². The van der Waals surface area contributed by atoms with Gasteiger partial charge in [0.25, 0.3) is 5.91 Å². The van der Waals surface area contributed by atoms with Crippen LogP contribution in [0.1, 0.15) is 50.5 Å². The Morgan fingerprint density at radius 1 is 0.925 bits per heavy atom. The highest BCUT2D eigenvalue weighted by atomic mass is 32.2. The van der Waals surface area contributed by atoms with E-state index in [9.17, 15) is 13.2 Å². The Bertz CT molecular complexity index is 1520. The van der Waals surface area contributed by atoms with Crippen molar-refractivity contribution in [2.75, 3.05) is 24.6 Å². The monoisotopic (exact) mass is 579 g/mol. The molecule has 0 bridgehead atoms. The standard InChI is InChI=1S/C31H37N3O4S2/c1-6-38-26-14-17-28-29(18-26)39-31(32-28)34(21-24-10-8-7-9-11-24)30(35)25-12-15-27(16-13-25)40(36,37)33(19-22(2)3)20-23(4)5/h7-18,22-23H,6,19-21H2,1-5H3. The Balaban J connectivity index is 1.67. The van der Waals surface area contributed by atoms with E-state index in [0.29, 0.717) is 36.9 Å². The second kappa shape index (κ2) is 12.9. The number of benzene rings is 3. The van der Waals surface area contributed by atoms with Crippen LogP contribution < -0.4 is 9.64 Å². The van der Waals surface area contributed by atoms with Gasteiger partial charge in [-0.1, -0.05) is 69.4 Å². The average Bonchev–Trinajstić information content (AvgIpc) is 3.34. The average molecular weight is 580 g/mol. The molecule has 4 aromatic rings. The van der Waals surface area contributed by atoms with E-state index in [2.05, 4.69) is 0 Å². The van der Waals surface area contributed by atoms with Crippen LogP contribution >= 0.6 is 11.3 Å². The summed E-state index contributed by atoms with van der Waals surface area (Å²) in [6, 6.07) is 21.7. The van der Waals surface area contributed by atoms with Crippen molar-refractivity contribution in [1.82, 2.24) is 9.29 Å². The maximum absolute atomic E-state index is 13.9. The van der Waals surface area contributed by atoms with Gasteiger partial charge in [-0.25, -0.2) is 13.4 Å². The molecule has 0 fully saturated rings. The fourth-order valence-electron chi connectivity index (χ4n) is 4.42. The van der Waals surface area contributed by atoms with Crippen LogP contribution in [-0.4, -0.2) is 43.3 Å². The first kappa shape index (κ1) is 29.7. The summed E-state index contributed by atoms with van der Waals surface area (Å²) in [5.74, 6) is 0.892. The molecule has 3 aromatic carbocycles. The van der Waals surface area contributed by atoms with Crippen LogP contribution in [0.3, 0.4) is 0 Å². The minimum Gasteiger partial charge on any atom is -0.494 e. The molecule has 1 amide bonds. The smallest absolute Gasteiger partial charge is 0.260 e. The van der Waals surface area contributed by atoms with Crippen LogP contribution in [0, 0.1) is 11.8 Å². The minimum atomic E-state index is -3.69. The van der Waals surface area contributed by atoms with Crippen LogP contribution in [-0.2, 0) is 16.6 Å². The first-order chi connectivity index (χ1) is 19.1. The molecule has 0 saturated heterocycles. The molecule has 0 unspecified atom stereocenters. The number of hydrogen-bond donors (Lipinski definition) is 0. The first-order valence-electron chi connectivity index (χ1n) is 13.6. The quantitative estimate of drug-likeness (QED) is 0.184. The number of carbonyl (C=O) groups excluding carboxylic acids is 1. The van der Waals surface area contributed by atoms with Crippen molar-refractivity contribution < 1.29 is 17.9 Å². The van der Waals surface area contributed by atoms with E-state index in [1.54, 1.807) is 21.3 Å². The largest absolute Gasteiger partial charge is 0.494 e. The van der Waals surface area contributed by atoms with Crippen LogP contribution in [0.25, 0.3) is 10.2 Å². The van der Waals surface area contributed by atoms with Gasteiger partial charge in [-0.2, -0.15) is 4.31 Å². The molecule has 0 spiro atoms. The summed E-state index contributed by atoms with van der Waals surface area (Å²) in [6.07, 6.45) is 0. The Labute approximate surface area is 241 Å². The Hall–Kier alpha value is -3.27. The van der Waals surface area contributed by atoms with Crippen LogP contribution in [0.2, 0.25) is 0 Å². The molecule has 0 aliphatic rings. The SMILES string of the molecule is CCOc1ccc2nc(N(Cc3ccccc3)C(=O)c3ccc(S(=O)(=O)N(CC(C)C)CC(C)C)cc3)sc2c1. The molecule has 1 heterocycles. The molecule has 7 nitrogen and oxygen atoms in total. The number of carbonyl (C=O) groups is 1. The molecule has 0 aliphatic carbocycles. The summed E-state index contributed by atoms with van der Waals surface area (Å²) in [5, 5.41) is 0.564. The summed E-state index contributed by atoms with van der Waals surface area (Å²) in [4.78, 5) is 20.5. The summed E-state index contributed by atoms with van der Waals surface area (Å²) in [7, 11) is -3.69.